The van der Waals surface area contributed by atoms with Gasteiger partial charge >= 0.3 is 5.69 Å². The molecular formula is C31H22FN3O. The zero-order chi connectivity index (χ0) is 24.5. The summed E-state index contributed by atoms with van der Waals surface area (Å²) in [5.41, 5.74) is 4.32. The van der Waals surface area contributed by atoms with E-state index in [-0.39, 0.29) is 11.5 Å². The minimum Gasteiger partial charge on any atom is -0.304 e. The molecule has 0 bridgehead atoms. The molecule has 0 spiro atoms. The van der Waals surface area contributed by atoms with Crippen LogP contribution in [0.25, 0.3) is 22.3 Å². The first-order valence-corrected chi connectivity index (χ1v) is 11.7. The number of nitrogens with zero attached hydrogens (tertiary/aromatic N) is 2. The number of aromatic nitrogens is 3. The Morgan fingerprint density at radius 1 is 0.667 bits per heavy atom. The van der Waals surface area contributed by atoms with Crippen LogP contribution in [0, 0.1) is 5.82 Å². The highest BCUT2D eigenvalue weighted by molar-refractivity contribution is 5.79. The third kappa shape index (κ3) is 3.45. The highest BCUT2D eigenvalue weighted by Crippen LogP contribution is 2.41. The summed E-state index contributed by atoms with van der Waals surface area (Å²) in [5, 5.41) is 0. The van der Waals surface area contributed by atoms with Gasteiger partial charge in [-0.15, -0.1) is 0 Å². The van der Waals surface area contributed by atoms with Crippen LogP contribution >= 0.6 is 0 Å². The van der Waals surface area contributed by atoms with Crippen LogP contribution in [0.5, 0.6) is 0 Å². The molecule has 1 N–H and O–H groups in total. The highest BCUT2D eigenvalue weighted by Gasteiger charge is 2.41. The standard InChI is InChI=1S/C31H22FN3O/c32-27-18-16-22(17-19-27)23-20-28-29(33-21-23)35(30(36)34-28)31(24-10-4-1-5-11-24,25-12-6-2-7-13-25)26-14-8-3-9-15-26/h1-21H,(H,34,36). The number of hydrogen-bond acceptors (Lipinski definition) is 2. The van der Waals surface area contributed by atoms with Crippen molar-refractivity contribution in [3.63, 3.8) is 0 Å². The number of halogens is 1. The van der Waals surface area contributed by atoms with Crippen molar-refractivity contribution in [1.29, 1.82) is 0 Å². The molecule has 174 valence electrons. The van der Waals surface area contributed by atoms with Gasteiger partial charge in [0.25, 0.3) is 0 Å². The van der Waals surface area contributed by atoms with E-state index in [2.05, 4.69) is 4.98 Å². The number of pyridine rings is 1. The van der Waals surface area contributed by atoms with E-state index < -0.39 is 5.54 Å². The van der Waals surface area contributed by atoms with Crippen LogP contribution in [0.3, 0.4) is 0 Å². The minimum absolute atomic E-state index is 0.273. The van der Waals surface area contributed by atoms with E-state index in [1.807, 2.05) is 97.1 Å². The lowest BCUT2D eigenvalue weighted by atomic mass is 9.76. The van der Waals surface area contributed by atoms with E-state index in [0.29, 0.717) is 11.2 Å². The van der Waals surface area contributed by atoms with Crippen LogP contribution in [0.4, 0.5) is 4.39 Å². The molecule has 0 aliphatic heterocycles. The Hall–Kier alpha value is -4.77. The van der Waals surface area contributed by atoms with Gasteiger partial charge in [0.1, 0.15) is 11.4 Å². The van der Waals surface area contributed by atoms with Crippen LogP contribution in [-0.2, 0) is 5.54 Å². The van der Waals surface area contributed by atoms with Crippen LogP contribution in [0.2, 0.25) is 0 Å². The molecule has 6 rings (SSSR count). The van der Waals surface area contributed by atoms with Gasteiger partial charge in [-0.25, -0.2) is 14.2 Å². The van der Waals surface area contributed by atoms with Crippen LogP contribution in [0.15, 0.2) is 132 Å². The van der Waals surface area contributed by atoms with E-state index in [1.54, 1.807) is 22.9 Å². The Kier molecular flexibility index (Phi) is 5.30. The van der Waals surface area contributed by atoms with Crippen molar-refractivity contribution in [2.75, 3.05) is 0 Å². The molecule has 0 aliphatic carbocycles. The predicted molar refractivity (Wildman–Crippen MR) is 140 cm³/mol. The molecule has 4 aromatic carbocycles. The average molecular weight is 472 g/mol. The molecule has 6 aromatic rings. The molecule has 0 atom stereocenters. The lowest BCUT2D eigenvalue weighted by Crippen LogP contribution is -2.43. The summed E-state index contributed by atoms with van der Waals surface area (Å²) in [6.07, 6.45) is 1.73. The number of aromatic amines is 1. The second kappa shape index (κ2) is 8.78. The zero-order valence-electron chi connectivity index (χ0n) is 19.3. The second-order valence-corrected chi connectivity index (χ2v) is 8.68. The molecule has 4 nitrogen and oxygen atoms in total. The van der Waals surface area contributed by atoms with Gasteiger partial charge in [0.2, 0.25) is 0 Å². The number of hydrogen-bond donors (Lipinski definition) is 1. The van der Waals surface area contributed by atoms with Crippen LogP contribution in [-0.4, -0.2) is 14.5 Å². The quantitative estimate of drug-likeness (QED) is 0.297. The molecule has 0 unspecified atom stereocenters. The molecule has 5 heteroatoms. The van der Waals surface area contributed by atoms with Crippen molar-refractivity contribution in [2.45, 2.75) is 5.54 Å². The first-order valence-electron chi connectivity index (χ1n) is 11.7. The number of rotatable bonds is 5. The molecule has 2 aromatic heterocycles. The second-order valence-electron chi connectivity index (χ2n) is 8.68. The van der Waals surface area contributed by atoms with Crippen LogP contribution in [0.1, 0.15) is 16.7 Å². The fourth-order valence-electron chi connectivity index (χ4n) is 5.03. The van der Waals surface area contributed by atoms with E-state index in [0.717, 1.165) is 27.8 Å². The topological polar surface area (TPSA) is 50.7 Å². The summed E-state index contributed by atoms with van der Waals surface area (Å²) in [6, 6.07) is 38.2. The lowest BCUT2D eigenvalue weighted by Gasteiger charge is -2.36. The van der Waals surface area contributed by atoms with Crippen LogP contribution < -0.4 is 5.69 Å². The Morgan fingerprint density at radius 3 is 1.67 bits per heavy atom. The third-order valence-electron chi connectivity index (χ3n) is 6.61. The summed E-state index contributed by atoms with van der Waals surface area (Å²) in [7, 11) is 0. The first kappa shape index (κ1) is 21.7. The summed E-state index contributed by atoms with van der Waals surface area (Å²) >= 11 is 0. The molecule has 2 heterocycles. The number of benzene rings is 4. The number of H-pyrrole nitrogens is 1. The van der Waals surface area contributed by atoms with Gasteiger partial charge in [0.05, 0.1) is 5.52 Å². The molecule has 0 fully saturated rings. The maximum Gasteiger partial charge on any atom is 0.329 e. The Bertz CT molecular complexity index is 1590. The summed E-state index contributed by atoms with van der Waals surface area (Å²) < 4.78 is 15.2. The fraction of sp³-hybridized carbons (Fsp3) is 0.0323. The van der Waals surface area contributed by atoms with Crippen molar-refractivity contribution in [3.8, 4) is 11.1 Å². The largest absolute Gasteiger partial charge is 0.329 e. The Balaban J connectivity index is 1.70. The SMILES string of the molecule is O=c1[nH]c2cc(-c3ccc(F)cc3)cnc2n1C(c1ccccc1)(c1ccccc1)c1ccccc1. The molecule has 36 heavy (non-hydrogen) atoms. The van der Waals surface area contributed by atoms with Crippen molar-refractivity contribution < 1.29 is 4.39 Å². The average Bonchev–Trinajstić information content (AvgIpc) is 3.27. The fourth-order valence-corrected chi connectivity index (χ4v) is 5.03. The molecule has 0 saturated carbocycles. The maximum absolute atomic E-state index is 13.8. The monoisotopic (exact) mass is 471 g/mol. The first-order chi connectivity index (χ1) is 17.7. The lowest BCUT2D eigenvalue weighted by molar-refractivity contribution is 0.511. The summed E-state index contributed by atoms with van der Waals surface area (Å²) in [4.78, 5) is 21.6. The van der Waals surface area contributed by atoms with E-state index in [9.17, 15) is 9.18 Å². The molecule has 0 radical (unpaired) electrons. The Morgan fingerprint density at radius 2 is 1.17 bits per heavy atom. The third-order valence-corrected chi connectivity index (χ3v) is 6.61. The van der Waals surface area contributed by atoms with Gasteiger partial charge in [-0.05, 0) is 40.5 Å². The molecule has 0 saturated heterocycles. The summed E-state index contributed by atoms with van der Waals surface area (Å²) in [5.74, 6) is -0.300. The Labute approximate surface area is 207 Å². The number of imidazole rings is 1. The van der Waals surface area contributed by atoms with Gasteiger partial charge < -0.3 is 4.98 Å². The summed E-state index contributed by atoms with van der Waals surface area (Å²) in [6.45, 7) is 0. The normalized spacial score (nSPS) is 11.6. The number of fused-ring (bicyclic) bond motifs is 1. The van der Waals surface area contributed by atoms with Gasteiger partial charge in [0, 0.05) is 11.8 Å². The van der Waals surface area contributed by atoms with Gasteiger partial charge in [-0.1, -0.05) is 103 Å². The van der Waals surface area contributed by atoms with Gasteiger partial charge in [-0.2, -0.15) is 0 Å². The van der Waals surface area contributed by atoms with Gasteiger partial charge in [-0.3, -0.25) is 4.57 Å². The molecular weight excluding hydrogens is 449 g/mol. The smallest absolute Gasteiger partial charge is 0.304 e. The molecule has 0 aliphatic rings. The van der Waals surface area contributed by atoms with Crippen molar-refractivity contribution in [3.05, 3.63) is 161 Å². The zero-order valence-corrected chi connectivity index (χ0v) is 19.3. The van der Waals surface area contributed by atoms with Crippen molar-refractivity contribution in [1.82, 2.24) is 14.5 Å². The molecule has 0 amide bonds. The predicted octanol–water partition coefficient (Wildman–Crippen LogP) is 6.37. The van der Waals surface area contributed by atoms with Crippen molar-refractivity contribution in [2.24, 2.45) is 0 Å². The number of nitrogens with one attached hydrogen (secondary N) is 1. The minimum atomic E-state index is -0.969. The van der Waals surface area contributed by atoms with E-state index in [4.69, 9.17) is 4.98 Å². The van der Waals surface area contributed by atoms with Crippen molar-refractivity contribution >= 4 is 11.2 Å². The van der Waals surface area contributed by atoms with E-state index >= 15 is 0 Å². The van der Waals surface area contributed by atoms with Gasteiger partial charge in [0.15, 0.2) is 5.65 Å². The maximum atomic E-state index is 13.8. The highest BCUT2D eigenvalue weighted by atomic mass is 19.1. The van der Waals surface area contributed by atoms with E-state index in [1.165, 1.54) is 12.1 Å².